The minimum Gasteiger partial charge on any atom is -0.466 e. The Morgan fingerprint density at radius 1 is 1.21 bits per heavy atom. The number of aromatic nitrogens is 2. The number of nitrogen functional groups attached to an aromatic ring is 1. The number of nitrogens with two attached hydrogens (primary N) is 1. The number of nitrogens with one attached hydrogen (secondary N) is 2. The Kier molecular flexibility index (Phi) is 8.19. The van der Waals surface area contributed by atoms with Gasteiger partial charge in [-0.05, 0) is 25.5 Å². The summed E-state index contributed by atoms with van der Waals surface area (Å²) in [7, 11) is 1.27. The van der Waals surface area contributed by atoms with E-state index in [1.165, 1.54) is 17.9 Å². The fourth-order valence-corrected chi connectivity index (χ4v) is 4.08. The number of benzene rings is 1. The van der Waals surface area contributed by atoms with Gasteiger partial charge in [-0.15, -0.1) is 0 Å². The summed E-state index contributed by atoms with van der Waals surface area (Å²) in [6.07, 6.45) is 1.41. The van der Waals surface area contributed by atoms with Crippen LogP contribution in [-0.4, -0.2) is 48.4 Å². The van der Waals surface area contributed by atoms with E-state index in [1.807, 2.05) is 0 Å². The number of aromatic amines is 1. The molecule has 1 aliphatic rings. The highest BCUT2D eigenvalue weighted by Crippen LogP contribution is 2.41. The predicted octanol–water partition coefficient (Wildman–Crippen LogP) is 2.08. The van der Waals surface area contributed by atoms with Crippen LogP contribution in [0.25, 0.3) is 0 Å². The first kappa shape index (κ1) is 25.1. The van der Waals surface area contributed by atoms with Crippen molar-refractivity contribution in [2.45, 2.75) is 26.3 Å². The lowest BCUT2D eigenvalue weighted by Gasteiger charge is -2.31. The number of H-pyrrole nitrogens is 1. The molecular formula is C23H27ClN4O6. The first-order valence-corrected chi connectivity index (χ1v) is 11.0. The third-order valence-electron chi connectivity index (χ3n) is 5.37. The summed E-state index contributed by atoms with van der Waals surface area (Å²) < 4.78 is 17.4. The fourth-order valence-electron chi connectivity index (χ4n) is 3.83. The zero-order chi connectivity index (χ0) is 24.8. The van der Waals surface area contributed by atoms with Crippen LogP contribution >= 0.6 is 11.6 Å². The molecule has 0 aliphatic carbocycles. The maximum atomic E-state index is 13.1. The molecule has 0 spiro atoms. The Hall–Kier alpha value is -3.50. The molecule has 1 aromatic heterocycles. The van der Waals surface area contributed by atoms with Crippen LogP contribution in [-0.2, 0) is 30.3 Å². The molecule has 0 bridgehead atoms. The Labute approximate surface area is 201 Å². The van der Waals surface area contributed by atoms with Gasteiger partial charge in [-0.2, -0.15) is 0 Å². The van der Waals surface area contributed by atoms with E-state index in [9.17, 15) is 14.4 Å². The van der Waals surface area contributed by atoms with Crippen LogP contribution in [0.3, 0.4) is 0 Å². The van der Waals surface area contributed by atoms with Gasteiger partial charge < -0.3 is 30.2 Å². The van der Waals surface area contributed by atoms with Gasteiger partial charge in [-0.1, -0.05) is 29.8 Å². The highest BCUT2D eigenvalue weighted by molar-refractivity contribution is 6.31. The Morgan fingerprint density at radius 3 is 2.56 bits per heavy atom. The van der Waals surface area contributed by atoms with Gasteiger partial charge in [0.05, 0.1) is 56.2 Å². The molecule has 0 fully saturated rings. The zero-order valence-electron chi connectivity index (χ0n) is 19.1. The molecule has 0 saturated heterocycles. The van der Waals surface area contributed by atoms with Gasteiger partial charge in [0.2, 0.25) is 0 Å². The largest absolute Gasteiger partial charge is 0.466 e. The van der Waals surface area contributed by atoms with Gasteiger partial charge in [0.15, 0.2) is 0 Å². The van der Waals surface area contributed by atoms with E-state index < -0.39 is 17.9 Å². The molecule has 1 atom stereocenters. The average Bonchev–Trinajstić information content (AvgIpc) is 3.13. The number of hydrogen-bond acceptors (Lipinski definition) is 8. The number of nitrogens with zero attached hydrogens (tertiary/aromatic N) is 1. The fraction of sp³-hybridized carbons (Fsp3) is 0.348. The van der Waals surface area contributed by atoms with Crippen LogP contribution in [0.2, 0.25) is 5.02 Å². The SMILES string of the molecule is CCOC(=O)C1=C(COCCn2c(N)c[nH]c2=O)NC(C)=C(C(=O)OC)C1c1ccccc1Cl. The molecule has 2 aromatic rings. The number of dihydropyridines is 1. The molecule has 4 N–H and O–H groups in total. The van der Waals surface area contributed by atoms with Crippen molar-refractivity contribution in [2.24, 2.45) is 0 Å². The van der Waals surface area contributed by atoms with Crippen molar-refractivity contribution >= 4 is 29.4 Å². The van der Waals surface area contributed by atoms with Crippen LogP contribution < -0.4 is 16.7 Å². The average molecular weight is 491 g/mol. The third-order valence-corrected chi connectivity index (χ3v) is 5.71. The van der Waals surface area contributed by atoms with E-state index in [-0.39, 0.29) is 49.0 Å². The Balaban J connectivity index is 1.99. The first-order valence-electron chi connectivity index (χ1n) is 10.6. The number of allylic oxidation sites excluding steroid dienone is 1. The van der Waals surface area contributed by atoms with E-state index in [1.54, 1.807) is 38.1 Å². The van der Waals surface area contributed by atoms with Crippen molar-refractivity contribution in [3.8, 4) is 0 Å². The summed E-state index contributed by atoms with van der Waals surface area (Å²) in [5, 5.41) is 3.48. The van der Waals surface area contributed by atoms with Crippen LogP contribution in [0, 0.1) is 0 Å². The van der Waals surface area contributed by atoms with Crippen LogP contribution in [0.5, 0.6) is 0 Å². The molecule has 3 rings (SSSR count). The number of rotatable bonds is 9. The lowest BCUT2D eigenvalue weighted by atomic mass is 9.80. The van der Waals surface area contributed by atoms with E-state index in [0.717, 1.165) is 0 Å². The summed E-state index contributed by atoms with van der Waals surface area (Å²) in [5.74, 6) is -1.75. The van der Waals surface area contributed by atoms with Crippen LogP contribution in [0.4, 0.5) is 5.82 Å². The van der Waals surface area contributed by atoms with Crippen LogP contribution in [0.1, 0.15) is 25.3 Å². The van der Waals surface area contributed by atoms with Gasteiger partial charge in [0, 0.05) is 16.9 Å². The predicted molar refractivity (Wildman–Crippen MR) is 126 cm³/mol. The van der Waals surface area contributed by atoms with Crippen molar-refractivity contribution in [2.75, 3.05) is 32.7 Å². The number of imidazole rings is 1. The molecule has 0 saturated carbocycles. The standard InChI is InChI=1S/C23H27ClN4O6/c1-4-34-22(30)20-16(12-33-10-9-28-17(25)11-26-23(28)31)27-13(2)18(21(29)32-3)19(20)14-7-5-6-8-15(14)24/h5-8,11,19,27H,4,9-10,12,25H2,1-3H3,(H,26,31). The Morgan fingerprint density at radius 2 is 1.94 bits per heavy atom. The third kappa shape index (κ3) is 5.18. The highest BCUT2D eigenvalue weighted by Gasteiger charge is 2.39. The summed E-state index contributed by atoms with van der Waals surface area (Å²) in [5.41, 5.74) is 7.33. The molecule has 1 unspecified atom stereocenters. The lowest BCUT2D eigenvalue weighted by Crippen LogP contribution is -2.35. The van der Waals surface area contributed by atoms with Crippen molar-refractivity contribution < 1.29 is 23.8 Å². The molecule has 1 aliphatic heterocycles. The quantitative estimate of drug-likeness (QED) is 0.359. The molecule has 10 nitrogen and oxygen atoms in total. The van der Waals surface area contributed by atoms with Crippen LogP contribution in [0.15, 0.2) is 57.8 Å². The molecule has 0 radical (unpaired) electrons. The van der Waals surface area contributed by atoms with Crippen molar-refractivity contribution in [1.29, 1.82) is 0 Å². The molecule has 34 heavy (non-hydrogen) atoms. The minimum atomic E-state index is -0.831. The summed E-state index contributed by atoms with van der Waals surface area (Å²) >= 11 is 6.48. The number of carbonyl (C=O) groups excluding carboxylic acids is 2. The summed E-state index contributed by atoms with van der Waals surface area (Å²) in [6.45, 7) is 3.88. The second kappa shape index (κ2) is 11.1. The van der Waals surface area contributed by atoms with Gasteiger partial charge in [-0.3, -0.25) is 4.57 Å². The molecule has 182 valence electrons. The summed E-state index contributed by atoms with van der Waals surface area (Å²) in [4.78, 5) is 40.1. The van der Waals surface area contributed by atoms with E-state index >= 15 is 0 Å². The molecule has 0 amide bonds. The summed E-state index contributed by atoms with van der Waals surface area (Å²) in [6, 6.07) is 6.95. The maximum Gasteiger partial charge on any atom is 0.336 e. The zero-order valence-corrected chi connectivity index (χ0v) is 19.9. The lowest BCUT2D eigenvalue weighted by molar-refractivity contribution is -0.139. The number of ether oxygens (including phenoxy) is 3. The van der Waals surface area contributed by atoms with E-state index in [4.69, 9.17) is 31.5 Å². The molecule has 11 heteroatoms. The number of hydrogen-bond donors (Lipinski definition) is 3. The van der Waals surface area contributed by atoms with Crippen molar-refractivity contribution in [3.63, 3.8) is 0 Å². The maximum absolute atomic E-state index is 13.1. The molecule has 1 aromatic carbocycles. The van der Waals surface area contributed by atoms with E-state index in [2.05, 4.69) is 10.3 Å². The van der Waals surface area contributed by atoms with Gasteiger partial charge in [0.1, 0.15) is 5.82 Å². The van der Waals surface area contributed by atoms with Gasteiger partial charge in [-0.25, -0.2) is 14.4 Å². The molecular weight excluding hydrogens is 464 g/mol. The van der Waals surface area contributed by atoms with Gasteiger partial charge >= 0.3 is 17.6 Å². The second-order valence-corrected chi connectivity index (χ2v) is 7.85. The van der Waals surface area contributed by atoms with Crippen molar-refractivity contribution in [3.05, 3.63) is 74.1 Å². The number of halogens is 1. The number of carbonyl (C=O) groups is 2. The topological polar surface area (TPSA) is 138 Å². The number of methoxy groups -OCH3 is 1. The first-order chi connectivity index (χ1) is 16.3. The Bertz CT molecular complexity index is 1200. The van der Waals surface area contributed by atoms with E-state index in [0.29, 0.717) is 22.0 Å². The second-order valence-electron chi connectivity index (χ2n) is 7.45. The number of esters is 2. The van der Waals surface area contributed by atoms with Crippen molar-refractivity contribution in [1.82, 2.24) is 14.9 Å². The number of anilines is 1. The minimum absolute atomic E-state index is 0.0139. The normalized spacial score (nSPS) is 15.8. The smallest absolute Gasteiger partial charge is 0.336 e. The monoisotopic (exact) mass is 490 g/mol. The van der Waals surface area contributed by atoms with Gasteiger partial charge in [0.25, 0.3) is 0 Å². The molecule has 2 heterocycles. The highest BCUT2D eigenvalue weighted by atomic mass is 35.5.